The van der Waals surface area contributed by atoms with Crippen molar-refractivity contribution in [2.24, 2.45) is 0 Å². The molecular weight excluding hydrogens is 550 g/mol. The van der Waals surface area contributed by atoms with E-state index < -0.39 is 0 Å². The van der Waals surface area contributed by atoms with Crippen molar-refractivity contribution in [3.05, 3.63) is 164 Å². The second-order valence-electron chi connectivity index (χ2n) is 11.4. The highest BCUT2D eigenvalue weighted by atomic mass is 16.3. The van der Waals surface area contributed by atoms with E-state index in [-0.39, 0.29) is 0 Å². The molecule has 0 fully saturated rings. The van der Waals surface area contributed by atoms with Crippen LogP contribution in [-0.4, -0.2) is 0 Å². The Kier molecular flexibility index (Phi) is 5.82. The van der Waals surface area contributed by atoms with Crippen LogP contribution in [0.15, 0.2) is 173 Å². The molecule has 2 aromatic heterocycles. The molecular formula is C42H27NO2. The molecule has 0 radical (unpaired) electrons. The van der Waals surface area contributed by atoms with Crippen LogP contribution in [0.3, 0.4) is 0 Å². The molecule has 0 saturated heterocycles. The van der Waals surface area contributed by atoms with E-state index in [4.69, 9.17) is 8.83 Å². The summed E-state index contributed by atoms with van der Waals surface area (Å²) >= 11 is 0. The van der Waals surface area contributed by atoms with Gasteiger partial charge in [0.15, 0.2) is 0 Å². The molecule has 0 unspecified atom stereocenters. The Balaban J connectivity index is 1.09. The van der Waals surface area contributed by atoms with Crippen LogP contribution in [0.5, 0.6) is 0 Å². The molecule has 3 nitrogen and oxygen atoms in total. The number of fused-ring (bicyclic) bond motifs is 7. The van der Waals surface area contributed by atoms with Gasteiger partial charge in [0.25, 0.3) is 0 Å². The molecule has 9 aromatic rings. The monoisotopic (exact) mass is 577 g/mol. The SMILES string of the molecule is c1ccc(-c2ccc(N(c3ccccc3)c3ccc(-c4ccc5c(c4)oc4ccc6oc7ccccc7c6c45)cc3)cc2)cc1. The van der Waals surface area contributed by atoms with Crippen molar-refractivity contribution in [2.75, 3.05) is 4.90 Å². The molecule has 0 atom stereocenters. The Morgan fingerprint density at radius 1 is 0.311 bits per heavy atom. The van der Waals surface area contributed by atoms with Crippen molar-refractivity contribution < 1.29 is 8.83 Å². The minimum atomic E-state index is 0.869. The van der Waals surface area contributed by atoms with Gasteiger partial charge in [-0.05, 0) is 89.0 Å². The van der Waals surface area contributed by atoms with Crippen LogP contribution in [0.1, 0.15) is 0 Å². The Hall–Kier alpha value is -6.06. The van der Waals surface area contributed by atoms with Crippen molar-refractivity contribution in [1.29, 1.82) is 0 Å². The smallest absolute Gasteiger partial charge is 0.136 e. The first kappa shape index (κ1) is 25.4. The number of nitrogens with zero attached hydrogens (tertiary/aromatic N) is 1. The highest BCUT2D eigenvalue weighted by Crippen LogP contribution is 2.41. The number of hydrogen-bond acceptors (Lipinski definition) is 3. The number of rotatable bonds is 5. The Morgan fingerprint density at radius 3 is 1.44 bits per heavy atom. The normalized spacial score (nSPS) is 11.6. The molecule has 0 aliphatic heterocycles. The van der Waals surface area contributed by atoms with E-state index in [9.17, 15) is 0 Å². The second kappa shape index (κ2) is 10.3. The zero-order chi connectivity index (χ0) is 29.7. The summed E-state index contributed by atoms with van der Waals surface area (Å²) < 4.78 is 12.6. The van der Waals surface area contributed by atoms with Gasteiger partial charge in [0.05, 0.1) is 0 Å². The molecule has 212 valence electrons. The van der Waals surface area contributed by atoms with Crippen LogP contribution in [0.4, 0.5) is 17.1 Å². The third-order valence-electron chi connectivity index (χ3n) is 8.68. The van der Waals surface area contributed by atoms with Crippen molar-refractivity contribution >= 4 is 60.9 Å². The third-order valence-corrected chi connectivity index (χ3v) is 8.68. The standard InChI is InChI=1S/C42H27NO2/c1-3-9-28(10-4-1)29-15-20-33(21-16-29)43(32-11-5-2-6-12-32)34-22-17-30(18-23-34)31-19-24-36-40(27-31)45-39-26-25-38-41(42(36)39)35-13-7-8-14-37(35)44-38/h1-27H. The van der Waals surface area contributed by atoms with Crippen LogP contribution in [0.2, 0.25) is 0 Å². The van der Waals surface area contributed by atoms with Gasteiger partial charge in [-0.1, -0.05) is 97.1 Å². The quantitative estimate of drug-likeness (QED) is 0.204. The summed E-state index contributed by atoms with van der Waals surface area (Å²) in [4.78, 5) is 2.29. The van der Waals surface area contributed by atoms with Crippen LogP contribution in [-0.2, 0) is 0 Å². The van der Waals surface area contributed by atoms with Gasteiger partial charge in [-0.15, -0.1) is 0 Å². The average molecular weight is 578 g/mol. The van der Waals surface area contributed by atoms with Crippen molar-refractivity contribution in [3.63, 3.8) is 0 Å². The van der Waals surface area contributed by atoms with Crippen LogP contribution >= 0.6 is 0 Å². The topological polar surface area (TPSA) is 29.5 Å². The first-order valence-corrected chi connectivity index (χ1v) is 15.2. The number of anilines is 3. The molecule has 45 heavy (non-hydrogen) atoms. The van der Waals surface area contributed by atoms with Gasteiger partial charge in [-0.2, -0.15) is 0 Å². The summed E-state index contributed by atoms with van der Waals surface area (Å²) in [6, 6.07) is 57.3. The van der Waals surface area contributed by atoms with E-state index in [1.54, 1.807) is 0 Å². The average Bonchev–Trinajstić information content (AvgIpc) is 3.67. The zero-order valence-electron chi connectivity index (χ0n) is 24.4. The lowest BCUT2D eigenvalue weighted by atomic mass is 10.0. The number of para-hydroxylation sites is 2. The van der Waals surface area contributed by atoms with Crippen LogP contribution < -0.4 is 4.90 Å². The second-order valence-corrected chi connectivity index (χ2v) is 11.4. The maximum Gasteiger partial charge on any atom is 0.136 e. The fourth-order valence-corrected chi connectivity index (χ4v) is 6.52. The maximum absolute atomic E-state index is 6.41. The molecule has 0 saturated carbocycles. The highest BCUT2D eigenvalue weighted by molar-refractivity contribution is 6.25. The summed E-state index contributed by atoms with van der Waals surface area (Å²) in [5, 5.41) is 4.41. The van der Waals surface area contributed by atoms with E-state index in [1.807, 2.05) is 30.3 Å². The van der Waals surface area contributed by atoms with Gasteiger partial charge in [0.1, 0.15) is 22.3 Å². The minimum absolute atomic E-state index is 0.869. The van der Waals surface area contributed by atoms with Gasteiger partial charge in [0.2, 0.25) is 0 Å². The third kappa shape index (κ3) is 4.29. The van der Waals surface area contributed by atoms with E-state index in [2.05, 4.69) is 138 Å². The predicted molar refractivity (Wildman–Crippen MR) is 187 cm³/mol. The Labute approximate surface area is 260 Å². The summed E-state index contributed by atoms with van der Waals surface area (Å²) in [7, 11) is 0. The zero-order valence-corrected chi connectivity index (χ0v) is 24.4. The van der Waals surface area contributed by atoms with Gasteiger partial charge in [-0.25, -0.2) is 0 Å². The number of benzene rings is 7. The van der Waals surface area contributed by atoms with Crippen molar-refractivity contribution in [3.8, 4) is 22.3 Å². The lowest BCUT2D eigenvalue weighted by Gasteiger charge is -2.26. The molecule has 3 heteroatoms. The van der Waals surface area contributed by atoms with E-state index in [1.165, 1.54) is 11.1 Å². The van der Waals surface area contributed by atoms with E-state index in [0.717, 1.165) is 72.1 Å². The van der Waals surface area contributed by atoms with Gasteiger partial charge in [0, 0.05) is 38.6 Å². The fraction of sp³-hybridized carbons (Fsp3) is 0. The molecule has 9 rings (SSSR count). The highest BCUT2D eigenvalue weighted by Gasteiger charge is 2.17. The summed E-state index contributed by atoms with van der Waals surface area (Å²) in [5.74, 6) is 0. The van der Waals surface area contributed by atoms with Crippen molar-refractivity contribution in [1.82, 2.24) is 0 Å². The molecule has 0 spiro atoms. The summed E-state index contributed by atoms with van der Waals surface area (Å²) in [5.41, 5.74) is 11.5. The molecule has 2 heterocycles. The predicted octanol–water partition coefficient (Wildman–Crippen LogP) is 12.3. The minimum Gasteiger partial charge on any atom is -0.456 e. The lowest BCUT2D eigenvalue weighted by Crippen LogP contribution is -2.09. The lowest BCUT2D eigenvalue weighted by molar-refractivity contribution is 0.663. The summed E-state index contributed by atoms with van der Waals surface area (Å²) in [6.45, 7) is 0. The van der Waals surface area contributed by atoms with Gasteiger partial charge in [-0.3, -0.25) is 0 Å². The van der Waals surface area contributed by atoms with Crippen LogP contribution in [0, 0.1) is 0 Å². The Morgan fingerprint density at radius 2 is 0.778 bits per heavy atom. The molecule has 0 N–H and O–H groups in total. The van der Waals surface area contributed by atoms with Crippen LogP contribution in [0.25, 0.3) is 66.1 Å². The molecule has 7 aromatic carbocycles. The molecule has 0 bridgehead atoms. The number of furan rings is 2. The van der Waals surface area contributed by atoms with Crippen molar-refractivity contribution in [2.45, 2.75) is 0 Å². The Bertz CT molecular complexity index is 2450. The fourth-order valence-electron chi connectivity index (χ4n) is 6.52. The number of hydrogen-bond donors (Lipinski definition) is 0. The van der Waals surface area contributed by atoms with Gasteiger partial charge >= 0.3 is 0 Å². The summed E-state index contributed by atoms with van der Waals surface area (Å²) in [6.07, 6.45) is 0. The van der Waals surface area contributed by atoms with E-state index >= 15 is 0 Å². The first-order chi connectivity index (χ1) is 22.3. The molecule has 0 aliphatic carbocycles. The molecule has 0 amide bonds. The largest absolute Gasteiger partial charge is 0.456 e. The van der Waals surface area contributed by atoms with E-state index in [0.29, 0.717) is 0 Å². The van der Waals surface area contributed by atoms with Gasteiger partial charge < -0.3 is 13.7 Å². The maximum atomic E-state index is 6.41. The molecule has 0 aliphatic rings. The first-order valence-electron chi connectivity index (χ1n) is 15.2.